The highest BCUT2D eigenvalue weighted by Gasteiger charge is 2.07. The number of benzene rings is 1. The number of carbonyl (C=O) groups is 1. The molecule has 0 saturated carbocycles. The molecule has 0 saturated heterocycles. The molecule has 0 aliphatic heterocycles. The van der Waals surface area contributed by atoms with Crippen molar-refractivity contribution in [3.63, 3.8) is 0 Å². The topological polar surface area (TPSA) is 57.8 Å². The molecule has 2 N–H and O–H groups in total. The second kappa shape index (κ2) is 6.08. The summed E-state index contributed by atoms with van der Waals surface area (Å²) >= 11 is 11.9. The van der Waals surface area contributed by atoms with Gasteiger partial charge in [0.2, 0.25) is 5.91 Å². The number of H-pyrrole nitrogens is 1. The van der Waals surface area contributed by atoms with Gasteiger partial charge in [0.05, 0.1) is 0 Å². The van der Waals surface area contributed by atoms with E-state index in [-0.39, 0.29) is 5.91 Å². The molecule has 1 amide bonds. The van der Waals surface area contributed by atoms with Crippen molar-refractivity contribution in [1.82, 2.24) is 10.2 Å². The van der Waals surface area contributed by atoms with Crippen LogP contribution in [0.1, 0.15) is 17.7 Å². The molecule has 1 aromatic carbocycles. The Hall–Kier alpha value is -1.52. The van der Waals surface area contributed by atoms with E-state index in [2.05, 4.69) is 15.5 Å². The second-order valence-electron chi connectivity index (χ2n) is 4.22. The minimum absolute atomic E-state index is 0.0995. The van der Waals surface area contributed by atoms with Gasteiger partial charge >= 0.3 is 0 Å². The van der Waals surface area contributed by atoms with Crippen molar-refractivity contribution in [2.75, 3.05) is 5.32 Å². The summed E-state index contributed by atoms with van der Waals surface area (Å²) in [5.41, 5.74) is 1.80. The first-order valence-electron chi connectivity index (χ1n) is 5.80. The van der Waals surface area contributed by atoms with Crippen LogP contribution in [0.25, 0.3) is 0 Å². The normalized spacial score (nSPS) is 10.5. The Morgan fingerprint density at radius 1 is 1.37 bits per heavy atom. The van der Waals surface area contributed by atoms with E-state index in [1.54, 1.807) is 18.2 Å². The Morgan fingerprint density at radius 2 is 2.16 bits per heavy atom. The van der Waals surface area contributed by atoms with E-state index in [0.29, 0.717) is 28.7 Å². The number of rotatable bonds is 4. The van der Waals surface area contributed by atoms with Crippen LogP contribution in [0.3, 0.4) is 0 Å². The number of nitrogens with zero attached hydrogens (tertiary/aromatic N) is 1. The number of amides is 1. The van der Waals surface area contributed by atoms with Crippen LogP contribution in [0.2, 0.25) is 10.0 Å². The van der Waals surface area contributed by atoms with E-state index in [9.17, 15) is 4.79 Å². The zero-order valence-electron chi connectivity index (χ0n) is 10.3. The highest BCUT2D eigenvalue weighted by molar-refractivity contribution is 6.35. The Balaban J connectivity index is 1.89. The van der Waals surface area contributed by atoms with Crippen LogP contribution in [-0.4, -0.2) is 16.1 Å². The van der Waals surface area contributed by atoms with Gasteiger partial charge in [-0.2, -0.15) is 5.10 Å². The number of hydrogen-bond donors (Lipinski definition) is 2. The fourth-order valence-corrected chi connectivity index (χ4v) is 2.16. The standard InChI is InChI=1S/C13H13Cl2N3O/c1-8-6-12(18-17-8)16-13(19)5-3-9-2-4-10(14)7-11(9)15/h2,4,6-7H,3,5H2,1H3,(H2,16,17,18,19). The van der Waals surface area contributed by atoms with Crippen LogP contribution >= 0.6 is 23.2 Å². The molecule has 0 aliphatic carbocycles. The number of hydrogen-bond acceptors (Lipinski definition) is 2. The van der Waals surface area contributed by atoms with Gasteiger partial charge in [0, 0.05) is 28.2 Å². The predicted octanol–water partition coefficient (Wildman–Crippen LogP) is 3.60. The van der Waals surface area contributed by atoms with E-state index in [4.69, 9.17) is 23.2 Å². The van der Waals surface area contributed by atoms with Crippen molar-refractivity contribution in [2.45, 2.75) is 19.8 Å². The Bertz CT molecular complexity index is 595. The number of halogens is 2. The molecule has 2 aromatic rings. The van der Waals surface area contributed by atoms with E-state index in [1.165, 1.54) is 0 Å². The van der Waals surface area contributed by atoms with Crippen LogP contribution in [0.5, 0.6) is 0 Å². The Morgan fingerprint density at radius 3 is 2.79 bits per heavy atom. The van der Waals surface area contributed by atoms with Crippen LogP contribution in [0.4, 0.5) is 5.82 Å². The lowest BCUT2D eigenvalue weighted by Gasteiger charge is -2.05. The van der Waals surface area contributed by atoms with Gasteiger partial charge in [-0.25, -0.2) is 0 Å². The molecule has 19 heavy (non-hydrogen) atoms. The first kappa shape index (κ1) is 13.9. The number of anilines is 1. The summed E-state index contributed by atoms with van der Waals surface area (Å²) < 4.78 is 0. The molecule has 1 heterocycles. The summed E-state index contributed by atoms with van der Waals surface area (Å²) in [4.78, 5) is 11.7. The number of aryl methyl sites for hydroxylation is 2. The Kier molecular flexibility index (Phi) is 4.45. The zero-order valence-corrected chi connectivity index (χ0v) is 11.8. The maximum Gasteiger partial charge on any atom is 0.225 e. The van der Waals surface area contributed by atoms with Crippen molar-refractivity contribution in [3.8, 4) is 0 Å². The third kappa shape index (κ3) is 3.98. The van der Waals surface area contributed by atoms with Gasteiger partial charge in [-0.05, 0) is 31.0 Å². The molecular formula is C13H13Cl2N3O. The maximum atomic E-state index is 11.7. The SMILES string of the molecule is Cc1cc(NC(=O)CCc2ccc(Cl)cc2Cl)n[nH]1. The number of carbonyl (C=O) groups excluding carboxylic acids is 1. The average Bonchev–Trinajstić information content (AvgIpc) is 2.73. The molecule has 1 aromatic heterocycles. The first-order valence-corrected chi connectivity index (χ1v) is 6.56. The fraction of sp³-hybridized carbons (Fsp3) is 0.231. The predicted molar refractivity (Wildman–Crippen MR) is 76.7 cm³/mol. The number of nitrogens with one attached hydrogen (secondary N) is 2. The lowest BCUT2D eigenvalue weighted by atomic mass is 10.1. The molecule has 0 unspecified atom stereocenters. The summed E-state index contributed by atoms with van der Waals surface area (Å²) in [6.07, 6.45) is 0.901. The smallest absolute Gasteiger partial charge is 0.225 e. The second-order valence-corrected chi connectivity index (χ2v) is 5.06. The summed E-state index contributed by atoms with van der Waals surface area (Å²) in [7, 11) is 0. The van der Waals surface area contributed by atoms with Crippen molar-refractivity contribution in [2.24, 2.45) is 0 Å². The van der Waals surface area contributed by atoms with Gasteiger partial charge in [0.1, 0.15) is 0 Å². The summed E-state index contributed by atoms with van der Waals surface area (Å²) in [5, 5.41) is 10.6. The van der Waals surface area contributed by atoms with Gasteiger partial charge in [0.15, 0.2) is 5.82 Å². The molecule has 6 heteroatoms. The van der Waals surface area contributed by atoms with E-state index in [1.807, 2.05) is 13.0 Å². The molecule has 100 valence electrons. The van der Waals surface area contributed by atoms with Crippen molar-refractivity contribution >= 4 is 34.9 Å². The Labute approximate surface area is 121 Å². The molecule has 0 fully saturated rings. The molecule has 2 rings (SSSR count). The molecule has 4 nitrogen and oxygen atoms in total. The highest BCUT2D eigenvalue weighted by Crippen LogP contribution is 2.22. The largest absolute Gasteiger partial charge is 0.309 e. The lowest BCUT2D eigenvalue weighted by Crippen LogP contribution is -2.12. The van der Waals surface area contributed by atoms with Crippen LogP contribution < -0.4 is 5.32 Å². The van der Waals surface area contributed by atoms with Gasteiger partial charge in [-0.3, -0.25) is 9.89 Å². The minimum Gasteiger partial charge on any atom is -0.309 e. The molecule has 0 atom stereocenters. The summed E-state index contributed by atoms with van der Waals surface area (Å²) in [6, 6.07) is 7.04. The van der Waals surface area contributed by atoms with Crippen LogP contribution in [0.15, 0.2) is 24.3 Å². The molecule has 0 spiro atoms. The van der Waals surface area contributed by atoms with E-state index in [0.717, 1.165) is 11.3 Å². The molecule has 0 radical (unpaired) electrons. The zero-order chi connectivity index (χ0) is 13.8. The monoisotopic (exact) mass is 297 g/mol. The third-order valence-corrected chi connectivity index (χ3v) is 3.20. The summed E-state index contributed by atoms with van der Waals surface area (Å²) in [5.74, 6) is 0.433. The van der Waals surface area contributed by atoms with Crippen LogP contribution in [-0.2, 0) is 11.2 Å². The van der Waals surface area contributed by atoms with E-state index >= 15 is 0 Å². The van der Waals surface area contributed by atoms with E-state index < -0.39 is 0 Å². The first-order chi connectivity index (χ1) is 9.04. The number of aromatic nitrogens is 2. The maximum absolute atomic E-state index is 11.7. The fourth-order valence-electron chi connectivity index (χ4n) is 1.66. The van der Waals surface area contributed by atoms with Gasteiger partial charge in [0.25, 0.3) is 0 Å². The number of aromatic amines is 1. The highest BCUT2D eigenvalue weighted by atomic mass is 35.5. The van der Waals surface area contributed by atoms with Crippen molar-refractivity contribution < 1.29 is 4.79 Å². The van der Waals surface area contributed by atoms with Gasteiger partial charge in [-0.1, -0.05) is 29.3 Å². The molecule has 0 bridgehead atoms. The summed E-state index contributed by atoms with van der Waals surface area (Å²) in [6.45, 7) is 1.87. The quantitative estimate of drug-likeness (QED) is 0.906. The van der Waals surface area contributed by atoms with Gasteiger partial charge in [-0.15, -0.1) is 0 Å². The lowest BCUT2D eigenvalue weighted by molar-refractivity contribution is -0.116. The van der Waals surface area contributed by atoms with Crippen molar-refractivity contribution in [3.05, 3.63) is 45.6 Å². The van der Waals surface area contributed by atoms with Crippen LogP contribution in [0, 0.1) is 6.92 Å². The van der Waals surface area contributed by atoms with Crippen molar-refractivity contribution in [1.29, 1.82) is 0 Å². The average molecular weight is 298 g/mol. The van der Waals surface area contributed by atoms with Gasteiger partial charge < -0.3 is 5.32 Å². The molecular weight excluding hydrogens is 285 g/mol. The third-order valence-electron chi connectivity index (χ3n) is 2.61. The molecule has 0 aliphatic rings. The minimum atomic E-state index is -0.0995.